The fourth-order valence-corrected chi connectivity index (χ4v) is 1.02. The van der Waals surface area contributed by atoms with Crippen LogP contribution in [-0.4, -0.2) is 22.1 Å². The van der Waals surface area contributed by atoms with E-state index >= 15 is 0 Å². The summed E-state index contributed by atoms with van der Waals surface area (Å²) >= 11 is 1.08. The molecule has 0 saturated heterocycles. The second kappa shape index (κ2) is 4.55. The Hall–Kier alpha value is -1.30. The lowest BCUT2D eigenvalue weighted by Gasteiger charge is -1.96. The number of hydrogen-bond acceptors (Lipinski definition) is 5. The van der Waals surface area contributed by atoms with Crippen LogP contribution < -0.4 is 0 Å². The lowest BCUT2D eigenvalue weighted by Crippen LogP contribution is -1.97. The van der Waals surface area contributed by atoms with Crippen LogP contribution in [0.2, 0.25) is 0 Å². The third-order valence-electron chi connectivity index (χ3n) is 0.907. The zero-order valence-corrected chi connectivity index (χ0v) is 6.78. The van der Waals surface area contributed by atoms with Gasteiger partial charge in [0.25, 0.3) is 0 Å². The van der Waals surface area contributed by atoms with Crippen LogP contribution in [0, 0.1) is 0 Å². The molecule has 0 bridgehead atoms. The number of hydrogen-bond donors (Lipinski definition) is 0. The molecule has 1 aromatic rings. The molecule has 0 saturated carbocycles. The molecule has 1 radical (unpaired) electrons. The number of rotatable bonds is 3. The van der Waals surface area contributed by atoms with Crippen LogP contribution >= 0.6 is 11.8 Å². The third kappa shape index (κ3) is 3.20. The van der Waals surface area contributed by atoms with Gasteiger partial charge in [-0.2, -0.15) is 9.90 Å². The highest BCUT2D eigenvalue weighted by Gasteiger charge is 2.00. The number of nitrogens with zero attached hydrogens (tertiary/aromatic N) is 2. The standard InChI is InChI=1S/C6H5N2O3S/c9-6(10)11-4-12-5-7-2-1-3-8-5/h1-3H,4H2. The maximum atomic E-state index is 9.80. The lowest BCUT2D eigenvalue weighted by atomic mass is 10.7. The van der Waals surface area contributed by atoms with Crippen LogP contribution in [0.25, 0.3) is 0 Å². The molecule has 0 fully saturated rings. The largest absolute Gasteiger partial charge is 0.550 e. The molecule has 1 aromatic heterocycles. The van der Waals surface area contributed by atoms with E-state index in [1.165, 1.54) is 0 Å². The first-order valence-electron chi connectivity index (χ1n) is 3.02. The summed E-state index contributed by atoms with van der Waals surface area (Å²) < 4.78 is 4.13. The van der Waals surface area contributed by atoms with E-state index in [2.05, 4.69) is 14.7 Å². The molecule has 5 nitrogen and oxygen atoms in total. The Morgan fingerprint density at radius 2 is 2.17 bits per heavy atom. The predicted octanol–water partition coefficient (Wildman–Crippen LogP) is 1.09. The average Bonchev–Trinajstić information content (AvgIpc) is 2.05. The topological polar surface area (TPSA) is 72.0 Å². The molecular formula is C6H5N2O3S. The van der Waals surface area contributed by atoms with E-state index in [4.69, 9.17) is 0 Å². The zero-order chi connectivity index (χ0) is 8.81. The van der Waals surface area contributed by atoms with Crippen molar-refractivity contribution in [3.8, 4) is 0 Å². The minimum absolute atomic E-state index is 0.0493. The molecule has 0 aromatic carbocycles. The van der Waals surface area contributed by atoms with Gasteiger partial charge in [0.2, 0.25) is 0 Å². The molecule has 0 atom stereocenters. The molecule has 6 heteroatoms. The zero-order valence-electron chi connectivity index (χ0n) is 5.97. The Morgan fingerprint density at radius 3 is 2.75 bits per heavy atom. The first-order chi connectivity index (χ1) is 5.79. The van der Waals surface area contributed by atoms with Crippen molar-refractivity contribution in [1.29, 1.82) is 0 Å². The van der Waals surface area contributed by atoms with Gasteiger partial charge < -0.3 is 4.74 Å². The van der Waals surface area contributed by atoms with Crippen molar-refractivity contribution >= 4 is 17.9 Å². The molecule has 0 aliphatic heterocycles. The van der Waals surface area contributed by atoms with Crippen molar-refractivity contribution in [1.82, 2.24) is 9.97 Å². The molecule has 1 heterocycles. The molecule has 0 aliphatic carbocycles. The molecule has 0 amide bonds. The van der Waals surface area contributed by atoms with E-state index in [0.29, 0.717) is 5.16 Å². The fraction of sp³-hybridized carbons (Fsp3) is 0.167. The Bertz CT molecular complexity index is 254. The van der Waals surface area contributed by atoms with Gasteiger partial charge in [-0.1, -0.05) is 0 Å². The number of carbonyl (C=O) groups excluding carboxylic acids is 1. The van der Waals surface area contributed by atoms with Crippen molar-refractivity contribution in [3.05, 3.63) is 18.5 Å². The number of carbonyl (C=O) groups is 1. The first-order valence-corrected chi connectivity index (χ1v) is 4.01. The Balaban J connectivity index is 2.29. The van der Waals surface area contributed by atoms with Crippen LogP contribution in [-0.2, 0) is 9.84 Å². The van der Waals surface area contributed by atoms with Crippen LogP contribution in [0.1, 0.15) is 0 Å². The van der Waals surface area contributed by atoms with E-state index in [1.807, 2.05) is 0 Å². The molecule has 1 rings (SSSR count). The molecule has 12 heavy (non-hydrogen) atoms. The number of aromatic nitrogens is 2. The van der Waals surface area contributed by atoms with Gasteiger partial charge in [-0.3, -0.25) is 0 Å². The summed E-state index contributed by atoms with van der Waals surface area (Å²) in [5, 5.41) is 10.3. The summed E-state index contributed by atoms with van der Waals surface area (Å²) in [4.78, 5) is 17.5. The Kier molecular flexibility index (Phi) is 3.34. The van der Waals surface area contributed by atoms with E-state index in [9.17, 15) is 9.90 Å². The fourth-order valence-electron chi connectivity index (χ4n) is 0.490. The first kappa shape index (κ1) is 8.79. The van der Waals surface area contributed by atoms with Crippen molar-refractivity contribution in [2.75, 3.05) is 5.94 Å². The second-order valence-electron chi connectivity index (χ2n) is 1.69. The highest BCUT2D eigenvalue weighted by molar-refractivity contribution is 7.99. The summed E-state index contributed by atoms with van der Waals surface area (Å²) in [6.45, 7) is 0. The number of ether oxygens (including phenoxy) is 1. The SMILES string of the molecule is [O]C(=O)OCSc1ncccn1. The van der Waals surface area contributed by atoms with Crippen molar-refractivity contribution in [2.45, 2.75) is 5.16 Å². The molecular weight excluding hydrogens is 180 g/mol. The summed E-state index contributed by atoms with van der Waals surface area (Å²) in [6, 6.07) is 1.67. The molecule has 0 aliphatic rings. The van der Waals surface area contributed by atoms with E-state index in [0.717, 1.165) is 11.8 Å². The lowest BCUT2D eigenvalue weighted by molar-refractivity contribution is 0.0831. The van der Waals surface area contributed by atoms with Crippen molar-refractivity contribution in [2.24, 2.45) is 0 Å². The van der Waals surface area contributed by atoms with Crippen LogP contribution in [0.5, 0.6) is 0 Å². The quantitative estimate of drug-likeness (QED) is 0.305. The Labute approximate surface area is 72.8 Å². The van der Waals surface area contributed by atoms with E-state index in [1.54, 1.807) is 18.5 Å². The maximum absolute atomic E-state index is 9.80. The van der Waals surface area contributed by atoms with Gasteiger partial charge >= 0.3 is 6.16 Å². The van der Waals surface area contributed by atoms with Crippen molar-refractivity contribution < 1.29 is 14.6 Å². The summed E-state index contributed by atoms with van der Waals surface area (Å²) in [7, 11) is 0. The van der Waals surface area contributed by atoms with Crippen LogP contribution in [0.4, 0.5) is 4.79 Å². The Morgan fingerprint density at radius 1 is 1.50 bits per heavy atom. The second-order valence-corrected chi connectivity index (χ2v) is 2.58. The van der Waals surface area contributed by atoms with Crippen LogP contribution in [0.15, 0.2) is 23.6 Å². The number of thioether (sulfide) groups is 1. The normalized spacial score (nSPS) is 9.33. The van der Waals surface area contributed by atoms with Gasteiger partial charge in [0.1, 0.15) is 5.94 Å². The average molecular weight is 185 g/mol. The molecule has 0 unspecified atom stereocenters. The predicted molar refractivity (Wildman–Crippen MR) is 39.9 cm³/mol. The molecule has 63 valence electrons. The third-order valence-corrected chi connectivity index (χ3v) is 1.61. The minimum Gasteiger partial charge on any atom is -0.420 e. The molecule has 0 spiro atoms. The summed E-state index contributed by atoms with van der Waals surface area (Å²) in [5.74, 6) is -0.0493. The van der Waals surface area contributed by atoms with Gasteiger partial charge in [-0.25, -0.2) is 9.97 Å². The monoisotopic (exact) mass is 185 g/mol. The molecule has 0 N–H and O–H groups in total. The van der Waals surface area contributed by atoms with E-state index < -0.39 is 6.16 Å². The van der Waals surface area contributed by atoms with Gasteiger partial charge in [-0.15, -0.1) is 0 Å². The van der Waals surface area contributed by atoms with Crippen LogP contribution in [0.3, 0.4) is 0 Å². The van der Waals surface area contributed by atoms with Gasteiger partial charge in [0, 0.05) is 12.4 Å². The summed E-state index contributed by atoms with van der Waals surface area (Å²) in [6.07, 6.45) is 1.58. The highest BCUT2D eigenvalue weighted by Crippen LogP contribution is 2.10. The van der Waals surface area contributed by atoms with Gasteiger partial charge in [-0.05, 0) is 17.8 Å². The van der Waals surface area contributed by atoms with Crippen molar-refractivity contribution in [3.63, 3.8) is 0 Å². The van der Waals surface area contributed by atoms with Gasteiger partial charge in [0.15, 0.2) is 5.16 Å². The maximum Gasteiger partial charge on any atom is 0.550 e. The summed E-state index contributed by atoms with van der Waals surface area (Å²) in [5.41, 5.74) is 0. The van der Waals surface area contributed by atoms with Gasteiger partial charge in [0.05, 0.1) is 0 Å². The minimum atomic E-state index is -1.54. The van der Waals surface area contributed by atoms with E-state index in [-0.39, 0.29) is 5.94 Å². The highest BCUT2D eigenvalue weighted by atomic mass is 32.2. The smallest absolute Gasteiger partial charge is 0.420 e.